The molecule has 5 nitrogen and oxygen atoms in total. The van der Waals surface area contributed by atoms with E-state index >= 15 is 0 Å². The van der Waals surface area contributed by atoms with Crippen LogP contribution in [-0.4, -0.2) is 35.6 Å². The maximum Gasteiger partial charge on any atom is 0.237 e. The van der Waals surface area contributed by atoms with Crippen molar-refractivity contribution in [1.82, 2.24) is 4.90 Å². The van der Waals surface area contributed by atoms with Gasteiger partial charge in [-0.25, -0.2) is 0 Å². The van der Waals surface area contributed by atoms with Crippen molar-refractivity contribution in [2.45, 2.75) is 6.42 Å². The van der Waals surface area contributed by atoms with Gasteiger partial charge in [0.15, 0.2) is 5.78 Å². The third-order valence-electron chi connectivity index (χ3n) is 3.82. The van der Waals surface area contributed by atoms with Gasteiger partial charge in [0.25, 0.3) is 0 Å². The van der Waals surface area contributed by atoms with Crippen molar-refractivity contribution < 1.29 is 9.59 Å². The van der Waals surface area contributed by atoms with Crippen molar-refractivity contribution in [2.75, 3.05) is 18.4 Å². The van der Waals surface area contributed by atoms with E-state index in [1.807, 2.05) is 0 Å². The lowest BCUT2D eigenvalue weighted by molar-refractivity contribution is -0.126. The molecule has 0 bridgehead atoms. The van der Waals surface area contributed by atoms with E-state index in [1.165, 1.54) is 4.90 Å². The normalized spacial score (nSPS) is 13.5. The van der Waals surface area contributed by atoms with E-state index in [9.17, 15) is 9.59 Å². The number of halogens is 3. The van der Waals surface area contributed by atoms with Crippen LogP contribution in [0.2, 0.25) is 15.1 Å². The Hall–Kier alpha value is -2.08. The molecule has 0 saturated carbocycles. The van der Waals surface area contributed by atoms with E-state index in [-0.39, 0.29) is 18.1 Å². The molecule has 0 radical (unpaired) electrons. The first-order valence-corrected chi connectivity index (χ1v) is 8.93. The Bertz CT molecular complexity index is 862. The van der Waals surface area contributed by atoms with E-state index in [0.29, 0.717) is 45.4 Å². The summed E-state index contributed by atoms with van der Waals surface area (Å²) in [6.07, 6.45) is -0.265. The van der Waals surface area contributed by atoms with Crippen molar-refractivity contribution in [2.24, 2.45) is 4.99 Å². The lowest BCUT2D eigenvalue weighted by Gasteiger charge is -2.20. The highest BCUT2D eigenvalue weighted by Gasteiger charge is 2.26. The number of hydrogen-bond acceptors (Lipinski definition) is 4. The van der Waals surface area contributed by atoms with Crippen LogP contribution in [0.25, 0.3) is 0 Å². The Morgan fingerprint density at radius 1 is 1.04 bits per heavy atom. The van der Waals surface area contributed by atoms with E-state index in [4.69, 9.17) is 34.8 Å². The maximum atomic E-state index is 12.6. The largest absolute Gasteiger partial charge is 0.323 e. The minimum absolute atomic E-state index is 0.265. The first-order chi connectivity index (χ1) is 12.5. The highest BCUT2D eigenvalue weighted by atomic mass is 35.5. The first kappa shape index (κ1) is 18.7. The quantitative estimate of drug-likeness (QED) is 0.595. The third kappa shape index (κ3) is 4.18. The lowest BCUT2D eigenvalue weighted by Crippen LogP contribution is -2.39. The van der Waals surface area contributed by atoms with E-state index < -0.39 is 0 Å². The van der Waals surface area contributed by atoms with Crippen molar-refractivity contribution in [3.63, 3.8) is 0 Å². The summed E-state index contributed by atoms with van der Waals surface area (Å²) < 4.78 is 0. The number of nitrogens with zero attached hydrogens (tertiary/aromatic N) is 2. The number of ketones is 1. The molecule has 26 heavy (non-hydrogen) atoms. The number of carbonyl (C=O) groups is 2. The average Bonchev–Trinajstić information content (AvgIpc) is 3.07. The fraction of sp³-hybridized carbons (Fsp3) is 0.167. The van der Waals surface area contributed by atoms with Crippen LogP contribution in [0.15, 0.2) is 47.5 Å². The van der Waals surface area contributed by atoms with Gasteiger partial charge >= 0.3 is 0 Å². The fourth-order valence-corrected chi connectivity index (χ4v) is 3.11. The summed E-state index contributed by atoms with van der Waals surface area (Å²) in [4.78, 5) is 30.6. The summed E-state index contributed by atoms with van der Waals surface area (Å²) in [7, 11) is 0. The summed E-state index contributed by atoms with van der Waals surface area (Å²) in [6, 6.07) is 11.5. The van der Waals surface area contributed by atoms with E-state index in [1.54, 1.807) is 42.5 Å². The van der Waals surface area contributed by atoms with Gasteiger partial charge in [0, 0.05) is 17.1 Å². The highest BCUT2D eigenvalue weighted by molar-refractivity contribution is 6.40. The second-order valence-electron chi connectivity index (χ2n) is 5.58. The van der Waals surface area contributed by atoms with Gasteiger partial charge in [-0.1, -0.05) is 40.9 Å². The number of para-hydroxylation sites is 1. The van der Waals surface area contributed by atoms with Crippen LogP contribution in [0.5, 0.6) is 0 Å². The number of carbonyl (C=O) groups excluding carboxylic acids is 2. The predicted molar refractivity (Wildman–Crippen MR) is 104 cm³/mol. The lowest BCUT2D eigenvalue weighted by atomic mass is 10.1. The van der Waals surface area contributed by atoms with Crippen molar-refractivity contribution in [3.8, 4) is 0 Å². The standard InChI is InChI=1S/C18H14Cl3N3O2/c19-12-6-4-11(5-7-12)15(25)10-16(26)24-9-8-22-18(24)23-17-13(20)2-1-3-14(17)21/h1-7H,8-10H2,(H,22,23). The van der Waals surface area contributed by atoms with Crippen LogP contribution >= 0.6 is 34.8 Å². The highest BCUT2D eigenvalue weighted by Crippen LogP contribution is 2.30. The van der Waals surface area contributed by atoms with Gasteiger partial charge in [0.05, 0.1) is 28.7 Å². The molecule has 134 valence electrons. The zero-order valence-corrected chi connectivity index (χ0v) is 15.8. The number of rotatable bonds is 4. The van der Waals surface area contributed by atoms with Crippen molar-refractivity contribution in [3.05, 3.63) is 63.1 Å². The molecule has 0 aliphatic carbocycles. The third-order valence-corrected chi connectivity index (χ3v) is 4.70. The molecule has 1 heterocycles. The monoisotopic (exact) mass is 409 g/mol. The average molecular weight is 411 g/mol. The van der Waals surface area contributed by atoms with Gasteiger partial charge in [-0.15, -0.1) is 0 Å². The Kier molecular flexibility index (Phi) is 5.81. The second-order valence-corrected chi connectivity index (χ2v) is 6.83. The van der Waals surface area contributed by atoms with Crippen molar-refractivity contribution in [1.29, 1.82) is 0 Å². The molecule has 8 heteroatoms. The van der Waals surface area contributed by atoms with Crippen LogP contribution in [0.3, 0.4) is 0 Å². The zero-order chi connectivity index (χ0) is 18.7. The molecule has 1 aliphatic rings. The minimum Gasteiger partial charge on any atom is -0.323 e. The number of anilines is 1. The number of amides is 1. The number of aliphatic imine (C=N–C) groups is 1. The maximum absolute atomic E-state index is 12.6. The molecule has 2 aromatic carbocycles. The molecule has 3 rings (SSSR count). The molecule has 0 unspecified atom stereocenters. The van der Waals surface area contributed by atoms with E-state index in [2.05, 4.69) is 10.3 Å². The Balaban J connectivity index is 1.70. The molecule has 1 N–H and O–H groups in total. The molecule has 0 spiro atoms. The number of benzene rings is 2. The number of hydrogen-bond donors (Lipinski definition) is 1. The summed E-state index contributed by atoms with van der Waals surface area (Å²) >= 11 is 18.1. The van der Waals surface area contributed by atoms with Crippen LogP contribution < -0.4 is 5.32 Å². The minimum atomic E-state index is -0.350. The zero-order valence-electron chi connectivity index (χ0n) is 13.5. The molecule has 1 aliphatic heterocycles. The number of nitrogens with one attached hydrogen (secondary N) is 1. The molecular formula is C18H14Cl3N3O2. The van der Waals surface area contributed by atoms with Gasteiger partial charge in [0.1, 0.15) is 0 Å². The molecule has 0 atom stereocenters. The van der Waals surface area contributed by atoms with Crippen molar-refractivity contribution >= 4 is 58.1 Å². The Morgan fingerprint density at radius 2 is 1.69 bits per heavy atom. The van der Waals surface area contributed by atoms with Gasteiger partial charge < -0.3 is 5.32 Å². The first-order valence-electron chi connectivity index (χ1n) is 7.80. The van der Waals surface area contributed by atoms with Crippen LogP contribution in [-0.2, 0) is 4.79 Å². The molecule has 2 aromatic rings. The second kappa shape index (κ2) is 8.08. The number of Topliss-reactive ketones (excluding diaryl/α,β-unsaturated/α-hetero) is 1. The predicted octanol–water partition coefficient (Wildman–Crippen LogP) is 4.53. The summed E-state index contributed by atoms with van der Waals surface area (Å²) in [5.41, 5.74) is 0.904. The molecule has 0 aromatic heterocycles. The SMILES string of the molecule is O=C(CC(=O)N1CCN=C1Nc1c(Cl)cccc1Cl)c1ccc(Cl)cc1. The molecular weight excluding hydrogens is 397 g/mol. The van der Waals surface area contributed by atoms with Gasteiger partial charge in [0.2, 0.25) is 11.9 Å². The molecule has 1 amide bonds. The van der Waals surface area contributed by atoms with E-state index in [0.717, 1.165) is 0 Å². The van der Waals surface area contributed by atoms with Crippen LogP contribution in [0.4, 0.5) is 5.69 Å². The summed E-state index contributed by atoms with van der Waals surface area (Å²) in [6.45, 7) is 0.822. The van der Waals surface area contributed by atoms with Gasteiger partial charge in [-0.2, -0.15) is 0 Å². The molecule has 0 saturated heterocycles. The van der Waals surface area contributed by atoms with Crippen LogP contribution in [0, 0.1) is 0 Å². The van der Waals surface area contributed by atoms with Gasteiger partial charge in [-0.05, 0) is 36.4 Å². The fourth-order valence-electron chi connectivity index (χ4n) is 2.50. The van der Waals surface area contributed by atoms with Gasteiger partial charge in [-0.3, -0.25) is 19.5 Å². The topological polar surface area (TPSA) is 61.8 Å². The number of guanidine groups is 1. The summed E-state index contributed by atoms with van der Waals surface area (Å²) in [5, 5.41) is 4.35. The molecule has 0 fully saturated rings. The Labute approximate surface area is 165 Å². The summed E-state index contributed by atoms with van der Waals surface area (Å²) in [5.74, 6) is -0.306. The van der Waals surface area contributed by atoms with Crippen LogP contribution in [0.1, 0.15) is 16.8 Å². The Morgan fingerprint density at radius 3 is 2.35 bits per heavy atom. The smallest absolute Gasteiger partial charge is 0.237 e.